The lowest BCUT2D eigenvalue weighted by Gasteiger charge is -2.26. The Bertz CT molecular complexity index is 1500. The van der Waals surface area contributed by atoms with Gasteiger partial charge in [-0.3, -0.25) is 14.9 Å². The minimum Gasteiger partial charge on any atom is -0.502 e. The largest absolute Gasteiger partial charge is 0.502 e. The highest BCUT2D eigenvalue weighted by Crippen LogP contribution is 2.35. The lowest BCUT2D eigenvalue weighted by molar-refractivity contribution is -0.192. The van der Waals surface area contributed by atoms with Gasteiger partial charge in [-0.25, -0.2) is 13.6 Å². The van der Waals surface area contributed by atoms with E-state index in [0.717, 1.165) is 22.6 Å². The van der Waals surface area contributed by atoms with Gasteiger partial charge in [0.25, 0.3) is 10.9 Å². The monoisotopic (exact) mass is 554 g/mol. The average Bonchev–Trinajstić information content (AvgIpc) is 3.41. The molecule has 200 valence electrons. The smallest absolute Gasteiger partial charge is 0.490 e. The number of hydrogen-bond acceptors (Lipinski definition) is 7. The lowest BCUT2D eigenvalue weighted by Crippen LogP contribution is -2.33. The van der Waals surface area contributed by atoms with Crippen LogP contribution in [0, 0.1) is 11.6 Å². The second-order valence-corrected chi connectivity index (χ2v) is 8.89. The van der Waals surface area contributed by atoms with E-state index in [1.807, 2.05) is 36.6 Å². The van der Waals surface area contributed by atoms with Gasteiger partial charge in [0.15, 0.2) is 17.4 Å². The predicted molar refractivity (Wildman–Crippen MR) is 131 cm³/mol. The van der Waals surface area contributed by atoms with E-state index in [2.05, 4.69) is 10.6 Å². The molecule has 2 unspecified atom stereocenters. The average molecular weight is 554 g/mol. The van der Waals surface area contributed by atoms with Crippen molar-refractivity contribution < 1.29 is 37.0 Å². The fourth-order valence-corrected chi connectivity index (χ4v) is 4.20. The van der Waals surface area contributed by atoms with Gasteiger partial charge in [0.2, 0.25) is 0 Å². The fraction of sp³-hybridized carbons (Fsp3) is 0.160. The molecular formula is C25H19F5N2O5S. The first-order valence-electron chi connectivity index (χ1n) is 10.7. The van der Waals surface area contributed by atoms with Gasteiger partial charge in [-0.15, -0.1) is 11.3 Å². The van der Waals surface area contributed by atoms with Gasteiger partial charge < -0.3 is 15.5 Å². The summed E-state index contributed by atoms with van der Waals surface area (Å²) in [6.07, 6.45) is -5.08. The third kappa shape index (κ3) is 6.42. The van der Waals surface area contributed by atoms with Crippen LogP contribution in [0.3, 0.4) is 0 Å². The molecule has 4 aromatic rings. The Morgan fingerprint density at radius 3 is 2.18 bits per heavy atom. The first kappa shape index (κ1) is 28.5. The van der Waals surface area contributed by atoms with E-state index < -0.39 is 40.4 Å². The van der Waals surface area contributed by atoms with Crippen molar-refractivity contribution in [2.75, 3.05) is 5.32 Å². The van der Waals surface area contributed by atoms with Crippen LogP contribution < -0.4 is 21.5 Å². The Kier molecular flexibility index (Phi) is 8.63. The van der Waals surface area contributed by atoms with Crippen molar-refractivity contribution in [1.29, 1.82) is 0 Å². The Hall–Kier alpha value is -4.10. The van der Waals surface area contributed by atoms with Gasteiger partial charge in [-0.05, 0) is 47.7 Å². The molecule has 1 aromatic heterocycles. The van der Waals surface area contributed by atoms with Crippen molar-refractivity contribution in [1.82, 2.24) is 5.32 Å². The van der Waals surface area contributed by atoms with Crippen LogP contribution in [0.1, 0.15) is 35.0 Å². The molecule has 4 N–H and O–H groups in total. The number of benzene rings is 2. The first-order chi connectivity index (χ1) is 17.8. The summed E-state index contributed by atoms with van der Waals surface area (Å²) in [6.45, 7) is 1.84. The van der Waals surface area contributed by atoms with Crippen LogP contribution in [0.4, 0.5) is 33.3 Å². The SMILES string of the molecule is CC(NC(c1cccs1)c1ccccc1Nc1c(O)c(=O)c1=O)c1ccc(F)c(F)c1.O=C(O)C(F)(F)F. The number of hydrogen-bond donors (Lipinski definition) is 4. The van der Waals surface area contributed by atoms with Crippen LogP contribution in [0.2, 0.25) is 0 Å². The maximum Gasteiger partial charge on any atom is 0.490 e. The number of anilines is 2. The van der Waals surface area contributed by atoms with Gasteiger partial charge in [0.1, 0.15) is 5.69 Å². The predicted octanol–water partition coefficient (Wildman–Crippen LogP) is 5.15. The lowest BCUT2D eigenvalue weighted by atomic mass is 9.99. The fourth-order valence-electron chi connectivity index (χ4n) is 3.40. The van der Waals surface area contributed by atoms with Gasteiger partial charge in [-0.1, -0.05) is 30.3 Å². The molecule has 4 rings (SSSR count). The van der Waals surface area contributed by atoms with Crippen molar-refractivity contribution in [3.63, 3.8) is 0 Å². The molecule has 0 aliphatic carbocycles. The highest BCUT2D eigenvalue weighted by molar-refractivity contribution is 7.10. The maximum absolute atomic E-state index is 13.7. The standard InChI is InChI=1S/C23H18F2N2O3S.C2HF3O2/c1-12(13-8-9-15(24)16(25)11-13)26-19(18-7-4-10-31-18)14-5-2-3-6-17(14)27-20-21(28)23(30)22(20)29;3-2(4,5)1(6)7/h2-12,19,26-28H,1H3;(H,6,7). The number of alkyl halides is 3. The summed E-state index contributed by atoms with van der Waals surface area (Å²) in [7, 11) is 0. The number of rotatable bonds is 7. The molecule has 0 aliphatic heterocycles. The van der Waals surface area contributed by atoms with Crippen molar-refractivity contribution in [2.24, 2.45) is 0 Å². The molecule has 7 nitrogen and oxygen atoms in total. The summed E-state index contributed by atoms with van der Waals surface area (Å²) in [4.78, 5) is 33.0. The van der Waals surface area contributed by atoms with Crippen molar-refractivity contribution in [3.05, 3.63) is 108 Å². The molecule has 0 saturated carbocycles. The van der Waals surface area contributed by atoms with Crippen molar-refractivity contribution in [3.8, 4) is 5.75 Å². The molecule has 0 saturated heterocycles. The Labute approximate surface area is 215 Å². The van der Waals surface area contributed by atoms with Gasteiger partial charge in [0.05, 0.1) is 6.04 Å². The highest BCUT2D eigenvalue weighted by atomic mass is 32.1. The molecule has 0 fully saturated rings. The van der Waals surface area contributed by atoms with Crippen LogP contribution in [-0.2, 0) is 4.79 Å². The van der Waals surface area contributed by atoms with Crippen LogP contribution in [0.25, 0.3) is 0 Å². The Morgan fingerprint density at radius 1 is 0.974 bits per heavy atom. The zero-order valence-electron chi connectivity index (χ0n) is 19.3. The molecule has 0 aliphatic rings. The summed E-state index contributed by atoms with van der Waals surface area (Å²) < 4.78 is 58.8. The molecular weight excluding hydrogens is 535 g/mol. The van der Waals surface area contributed by atoms with Crippen LogP contribution >= 0.6 is 11.3 Å². The number of halogens is 5. The van der Waals surface area contributed by atoms with E-state index in [-0.39, 0.29) is 17.8 Å². The minimum absolute atomic E-state index is 0.143. The summed E-state index contributed by atoms with van der Waals surface area (Å²) in [5.74, 6) is -5.17. The number of carbonyl (C=O) groups is 1. The summed E-state index contributed by atoms with van der Waals surface area (Å²) >= 11 is 1.51. The van der Waals surface area contributed by atoms with Crippen LogP contribution in [0.15, 0.2) is 69.6 Å². The summed E-state index contributed by atoms with van der Waals surface area (Å²) in [5, 5.41) is 25.1. The third-order valence-electron chi connectivity index (χ3n) is 5.35. The van der Waals surface area contributed by atoms with E-state index >= 15 is 0 Å². The van der Waals surface area contributed by atoms with E-state index in [1.165, 1.54) is 17.4 Å². The molecule has 13 heteroatoms. The number of aliphatic carboxylic acids is 1. The van der Waals surface area contributed by atoms with E-state index in [4.69, 9.17) is 9.90 Å². The van der Waals surface area contributed by atoms with Crippen LogP contribution in [-0.4, -0.2) is 22.4 Å². The minimum atomic E-state index is -5.08. The molecule has 0 radical (unpaired) electrons. The van der Waals surface area contributed by atoms with Crippen LogP contribution in [0.5, 0.6) is 5.75 Å². The number of aromatic hydroxyl groups is 1. The van der Waals surface area contributed by atoms with E-state index in [1.54, 1.807) is 12.1 Å². The Morgan fingerprint density at radius 2 is 1.63 bits per heavy atom. The summed E-state index contributed by atoms with van der Waals surface area (Å²) in [6, 6.07) is 14.1. The van der Waals surface area contributed by atoms with E-state index in [0.29, 0.717) is 11.3 Å². The second-order valence-electron chi connectivity index (χ2n) is 7.91. The maximum atomic E-state index is 13.7. The number of para-hydroxylation sites is 1. The van der Waals surface area contributed by atoms with Gasteiger partial charge in [0, 0.05) is 16.6 Å². The number of carboxylic acids is 1. The molecule has 3 aromatic carbocycles. The number of nitrogens with one attached hydrogen (secondary N) is 2. The molecule has 38 heavy (non-hydrogen) atoms. The zero-order chi connectivity index (χ0) is 28.2. The quantitative estimate of drug-likeness (QED) is 0.185. The molecule has 1 heterocycles. The first-order valence-corrected chi connectivity index (χ1v) is 11.6. The van der Waals surface area contributed by atoms with Gasteiger partial charge in [-0.2, -0.15) is 13.2 Å². The normalized spacial score (nSPS) is 12.9. The van der Waals surface area contributed by atoms with Gasteiger partial charge >= 0.3 is 12.1 Å². The Balaban J connectivity index is 0.000000505. The highest BCUT2D eigenvalue weighted by Gasteiger charge is 2.38. The number of carboxylic acid groups (broad SMARTS) is 1. The number of thiophene rings is 1. The topological polar surface area (TPSA) is 116 Å². The summed E-state index contributed by atoms with van der Waals surface area (Å²) in [5.41, 5.74) is 0.0325. The zero-order valence-corrected chi connectivity index (χ0v) is 20.2. The van der Waals surface area contributed by atoms with E-state index in [9.17, 15) is 36.6 Å². The van der Waals surface area contributed by atoms with Crippen molar-refractivity contribution >= 4 is 28.7 Å². The second kappa shape index (κ2) is 11.5. The molecule has 0 bridgehead atoms. The molecule has 0 spiro atoms. The molecule has 2 atom stereocenters. The molecule has 0 amide bonds. The third-order valence-corrected chi connectivity index (χ3v) is 6.28. The van der Waals surface area contributed by atoms with Crippen molar-refractivity contribution in [2.45, 2.75) is 25.2 Å².